The zero-order valence-electron chi connectivity index (χ0n) is 20.6. The second-order valence-corrected chi connectivity index (χ2v) is 9.01. The maximum Gasteiger partial charge on any atom is 0.326 e. The predicted octanol–water partition coefficient (Wildman–Crippen LogP) is 3.72. The van der Waals surface area contributed by atoms with E-state index in [1.54, 1.807) is 6.92 Å². The van der Waals surface area contributed by atoms with Crippen LogP contribution < -0.4 is 22.3 Å². The first kappa shape index (κ1) is 24.5. The highest BCUT2D eigenvalue weighted by Crippen LogP contribution is 2.24. The average molecular weight is 507 g/mol. The number of carbonyl (C=O) groups excluding carboxylic acids is 1. The van der Waals surface area contributed by atoms with Gasteiger partial charge >= 0.3 is 5.69 Å². The lowest BCUT2D eigenvalue weighted by Crippen LogP contribution is -2.34. The Morgan fingerprint density at radius 2 is 1.63 bits per heavy atom. The van der Waals surface area contributed by atoms with Crippen molar-refractivity contribution in [2.75, 3.05) is 5.73 Å². The van der Waals surface area contributed by atoms with Gasteiger partial charge in [-0.3, -0.25) is 19.3 Å². The Morgan fingerprint density at radius 3 is 2.39 bits per heavy atom. The van der Waals surface area contributed by atoms with Gasteiger partial charge in [0.25, 0.3) is 11.5 Å². The molecular formula is C29H26N6O3. The van der Waals surface area contributed by atoms with E-state index in [2.05, 4.69) is 51.8 Å². The predicted molar refractivity (Wildman–Crippen MR) is 147 cm³/mol. The van der Waals surface area contributed by atoms with E-state index in [0.29, 0.717) is 6.54 Å². The second kappa shape index (κ2) is 10.4. The minimum absolute atomic E-state index is 0.264. The Balaban J connectivity index is 1.28. The molecule has 38 heavy (non-hydrogen) atoms. The number of hydrogen-bond donors (Lipinski definition) is 4. The van der Waals surface area contributed by atoms with Crippen LogP contribution in [0.5, 0.6) is 0 Å². The van der Waals surface area contributed by atoms with Crippen molar-refractivity contribution in [3.8, 4) is 22.3 Å². The first-order valence-corrected chi connectivity index (χ1v) is 12.1. The average Bonchev–Trinajstić information content (AvgIpc) is 3.40. The SMILES string of the molecule is CC(NC(=O)c1[nH]c(=O)[nH]c(=O)c1N)c1cccc(-c2cnn(Cc3ccc(-c4ccccc4)cc3)c2)c1. The molecule has 5 rings (SSSR count). The summed E-state index contributed by atoms with van der Waals surface area (Å²) in [5.41, 5.74) is 9.67. The van der Waals surface area contributed by atoms with Gasteiger partial charge in [-0.2, -0.15) is 5.10 Å². The largest absolute Gasteiger partial charge is 0.392 e. The fraction of sp³-hybridized carbons (Fsp3) is 0.103. The summed E-state index contributed by atoms with van der Waals surface area (Å²) < 4.78 is 1.89. The number of anilines is 1. The molecule has 1 unspecified atom stereocenters. The number of hydrogen-bond acceptors (Lipinski definition) is 5. The molecular weight excluding hydrogens is 480 g/mol. The topological polar surface area (TPSA) is 139 Å². The Kier molecular flexibility index (Phi) is 6.73. The van der Waals surface area contributed by atoms with Crippen LogP contribution in [0.4, 0.5) is 5.69 Å². The smallest absolute Gasteiger partial charge is 0.326 e. The van der Waals surface area contributed by atoms with E-state index in [0.717, 1.165) is 22.3 Å². The number of amides is 1. The Morgan fingerprint density at radius 1 is 0.921 bits per heavy atom. The first-order valence-electron chi connectivity index (χ1n) is 12.1. The first-order chi connectivity index (χ1) is 18.4. The fourth-order valence-electron chi connectivity index (χ4n) is 4.23. The normalized spacial score (nSPS) is 11.7. The number of nitrogen functional groups attached to an aromatic ring is 1. The molecule has 5 N–H and O–H groups in total. The number of nitrogens with two attached hydrogens (primary N) is 1. The number of aromatic amines is 2. The number of benzene rings is 3. The monoisotopic (exact) mass is 506 g/mol. The number of rotatable bonds is 7. The van der Waals surface area contributed by atoms with Crippen LogP contribution in [0, 0.1) is 0 Å². The standard InChI is InChI=1S/C29H26N6O3/c1-18(32-28(37)26-25(30)27(36)34-29(38)33-26)22-8-5-9-23(14-22)24-15-31-35(17-24)16-19-10-12-21(13-11-19)20-6-3-2-4-7-20/h2-15,17-18H,16,30H2,1H3,(H,32,37)(H2,33,34,36,38). The molecule has 2 heterocycles. The molecule has 0 fully saturated rings. The maximum atomic E-state index is 12.7. The Bertz CT molecular complexity index is 1700. The van der Waals surface area contributed by atoms with E-state index >= 15 is 0 Å². The highest BCUT2D eigenvalue weighted by Gasteiger charge is 2.17. The van der Waals surface area contributed by atoms with Crippen molar-refractivity contribution in [3.63, 3.8) is 0 Å². The summed E-state index contributed by atoms with van der Waals surface area (Å²) in [5.74, 6) is -0.644. The van der Waals surface area contributed by atoms with Crippen LogP contribution >= 0.6 is 0 Å². The van der Waals surface area contributed by atoms with Gasteiger partial charge in [-0.15, -0.1) is 0 Å². The van der Waals surface area contributed by atoms with Crippen molar-refractivity contribution in [2.45, 2.75) is 19.5 Å². The molecule has 0 radical (unpaired) electrons. The quantitative estimate of drug-likeness (QED) is 0.267. The molecule has 0 aliphatic rings. The lowest BCUT2D eigenvalue weighted by molar-refractivity contribution is 0.0935. The molecule has 9 nitrogen and oxygen atoms in total. The van der Waals surface area contributed by atoms with Gasteiger partial charge in [-0.25, -0.2) is 4.79 Å². The summed E-state index contributed by atoms with van der Waals surface area (Å²) in [6.45, 7) is 2.44. The molecule has 0 aliphatic heterocycles. The molecule has 9 heteroatoms. The van der Waals surface area contributed by atoms with Crippen LogP contribution in [0.3, 0.4) is 0 Å². The molecule has 0 aliphatic carbocycles. The van der Waals surface area contributed by atoms with Crippen molar-refractivity contribution >= 4 is 11.6 Å². The van der Waals surface area contributed by atoms with E-state index in [4.69, 9.17) is 5.73 Å². The van der Waals surface area contributed by atoms with Crippen molar-refractivity contribution in [2.24, 2.45) is 0 Å². The van der Waals surface area contributed by atoms with Gasteiger partial charge in [0, 0.05) is 11.8 Å². The van der Waals surface area contributed by atoms with E-state index in [9.17, 15) is 14.4 Å². The van der Waals surface area contributed by atoms with Gasteiger partial charge in [-0.1, -0.05) is 72.8 Å². The zero-order valence-corrected chi connectivity index (χ0v) is 20.6. The highest BCUT2D eigenvalue weighted by molar-refractivity contribution is 5.97. The molecule has 1 amide bonds. The van der Waals surface area contributed by atoms with Gasteiger partial charge in [0.1, 0.15) is 11.4 Å². The third kappa shape index (κ3) is 5.31. The molecule has 0 saturated heterocycles. The lowest BCUT2D eigenvalue weighted by Gasteiger charge is -2.15. The second-order valence-electron chi connectivity index (χ2n) is 9.01. The summed E-state index contributed by atoms with van der Waals surface area (Å²) in [6.07, 6.45) is 3.79. The molecule has 2 aromatic heterocycles. The Labute approximate surface area is 218 Å². The number of aromatic nitrogens is 4. The van der Waals surface area contributed by atoms with Crippen molar-refractivity contribution in [3.05, 3.63) is 129 Å². The summed E-state index contributed by atoms with van der Waals surface area (Å²) in [4.78, 5) is 40.2. The number of carbonyl (C=O) groups is 1. The van der Waals surface area contributed by atoms with E-state index in [-0.39, 0.29) is 11.4 Å². The molecule has 0 saturated carbocycles. The fourth-order valence-corrected chi connectivity index (χ4v) is 4.23. The van der Waals surface area contributed by atoms with Crippen LogP contribution in [0.1, 0.15) is 34.6 Å². The van der Waals surface area contributed by atoms with Crippen molar-refractivity contribution < 1.29 is 4.79 Å². The van der Waals surface area contributed by atoms with Gasteiger partial charge in [0.15, 0.2) is 0 Å². The summed E-state index contributed by atoms with van der Waals surface area (Å²) in [7, 11) is 0. The minimum Gasteiger partial charge on any atom is -0.392 e. The van der Waals surface area contributed by atoms with E-state index < -0.39 is 23.2 Å². The van der Waals surface area contributed by atoms with Gasteiger partial charge in [0.05, 0.1) is 18.8 Å². The highest BCUT2D eigenvalue weighted by atomic mass is 16.2. The summed E-state index contributed by atoms with van der Waals surface area (Å²) >= 11 is 0. The van der Waals surface area contributed by atoms with Crippen LogP contribution in [0.25, 0.3) is 22.3 Å². The van der Waals surface area contributed by atoms with Gasteiger partial charge in [-0.05, 0) is 40.8 Å². The van der Waals surface area contributed by atoms with Gasteiger partial charge < -0.3 is 16.0 Å². The summed E-state index contributed by atoms with van der Waals surface area (Å²) in [5, 5.41) is 7.30. The van der Waals surface area contributed by atoms with E-state index in [1.165, 1.54) is 11.1 Å². The van der Waals surface area contributed by atoms with Crippen LogP contribution in [0.15, 0.2) is 101 Å². The molecule has 0 spiro atoms. The third-order valence-corrected chi connectivity index (χ3v) is 6.31. The molecule has 5 aromatic rings. The summed E-state index contributed by atoms with van der Waals surface area (Å²) in [6, 6.07) is 26.0. The molecule has 1 atom stereocenters. The number of H-pyrrole nitrogens is 2. The van der Waals surface area contributed by atoms with Crippen LogP contribution in [-0.2, 0) is 6.54 Å². The number of nitrogens with one attached hydrogen (secondary N) is 3. The Hall–Kier alpha value is -5.18. The molecule has 3 aromatic carbocycles. The van der Waals surface area contributed by atoms with Crippen molar-refractivity contribution in [1.82, 2.24) is 25.1 Å². The zero-order chi connectivity index (χ0) is 26.6. The van der Waals surface area contributed by atoms with Gasteiger partial charge in [0.2, 0.25) is 0 Å². The van der Waals surface area contributed by atoms with Crippen LogP contribution in [0.2, 0.25) is 0 Å². The molecule has 0 bridgehead atoms. The van der Waals surface area contributed by atoms with Crippen LogP contribution in [-0.4, -0.2) is 25.7 Å². The third-order valence-electron chi connectivity index (χ3n) is 6.31. The van der Waals surface area contributed by atoms with Crippen molar-refractivity contribution in [1.29, 1.82) is 0 Å². The van der Waals surface area contributed by atoms with E-state index in [1.807, 2.05) is 64.5 Å². The molecule has 190 valence electrons. The lowest BCUT2D eigenvalue weighted by atomic mass is 10.0. The maximum absolute atomic E-state index is 12.7. The minimum atomic E-state index is -0.808. The number of nitrogens with zero attached hydrogens (tertiary/aromatic N) is 2.